The number of nitrogens with zero attached hydrogens (tertiary/aromatic N) is 3. The van der Waals surface area contributed by atoms with Crippen molar-refractivity contribution in [3.8, 4) is 0 Å². The number of hydrogen-bond donors (Lipinski definition) is 1. The first-order valence-corrected chi connectivity index (χ1v) is 13.1. The average molecular weight is 430 g/mol. The van der Waals surface area contributed by atoms with Crippen LogP contribution in [-0.2, 0) is 12.8 Å². The molecule has 3 rings (SSSR count). The van der Waals surface area contributed by atoms with Gasteiger partial charge in [-0.15, -0.1) is 0 Å². The van der Waals surface area contributed by atoms with E-state index in [0.29, 0.717) is 0 Å². The molecule has 26 heavy (non-hydrogen) atoms. The first-order valence-electron chi connectivity index (χ1n) is 8.63. The normalized spacial score (nSPS) is 12.7. The summed E-state index contributed by atoms with van der Waals surface area (Å²) in [7, 11) is 0. The van der Waals surface area contributed by atoms with Gasteiger partial charge in [0.1, 0.15) is 0 Å². The predicted molar refractivity (Wildman–Crippen MR) is 107 cm³/mol. The van der Waals surface area contributed by atoms with E-state index in [0.717, 1.165) is 42.1 Å². The fraction of sp³-hybridized carbons (Fsp3) is 0.250. The monoisotopic (exact) mass is 431 g/mol. The first kappa shape index (κ1) is 19.1. The van der Waals surface area contributed by atoms with Crippen molar-refractivity contribution in [3.63, 3.8) is 0 Å². The van der Waals surface area contributed by atoms with Gasteiger partial charge in [0.2, 0.25) is 0 Å². The molecule has 0 radical (unpaired) electrons. The SMILES string of the molecule is OC(c1cccnc1)P(=[Se])(CCc1ccccn1)CCc1ccccn1. The van der Waals surface area contributed by atoms with Gasteiger partial charge in [-0.1, -0.05) is 0 Å². The standard InChI is InChI=1S/C20H22N3OPSe/c24-20(17-6-5-11-21-16-17)25(26,14-9-18-7-1-3-12-22-18)15-10-19-8-2-4-13-23-19/h1-8,11-13,16,20,24H,9-10,14-15H2. The van der Waals surface area contributed by atoms with Crippen LogP contribution < -0.4 is 0 Å². The fourth-order valence-electron chi connectivity index (χ4n) is 2.86. The summed E-state index contributed by atoms with van der Waals surface area (Å²) in [5.74, 6) is -0.524. The summed E-state index contributed by atoms with van der Waals surface area (Å²) in [5.41, 5.74) is 1.19. The van der Waals surface area contributed by atoms with Crippen LogP contribution in [0.25, 0.3) is 0 Å². The van der Waals surface area contributed by atoms with Crippen molar-refractivity contribution in [2.45, 2.75) is 18.7 Å². The Labute approximate surface area is 162 Å². The van der Waals surface area contributed by atoms with Crippen LogP contribution in [0.5, 0.6) is 0 Å². The Morgan fingerprint density at radius 3 is 1.92 bits per heavy atom. The number of hydrogen-bond acceptors (Lipinski definition) is 4. The Bertz CT molecular complexity index is 799. The molecule has 6 heteroatoms. The van der Waals surface area contributed by atoms with Gasteiger partial charge in [-0.3, -0.25) is 0 Å². The fourth-order valence-corrected chi connectivity index (χ4v) is 7.40. The molecule has 0 aliphatic carbocycles. The van der Waals surface area contributed by atoms with Crippen molar-refractivity contribution in [2.24, 2.45) is 0 Å². The van der Waals surface area contributed by atoms with Crippen LogP contribution in [0.4, 0.5) is 0 Å². The van der Waals surface area contributed by atoms with E-state index in [1.54, 1.807) is 12.4 Å². The molecule has 0 fully saturated rings. The molecular weight excluding hydrogens is 408 g/mol. The van der Waals surface area contributed by atoms with E-state index in [4.69, 9.17) is 0 Å². The third-order valence-corrected chi connectivity index (χ3v) is 11.1. The zero-order valence-corrected chi connectivity index (χ0v) is 17.1. The second-order valence-corrected chi connectivity index (χ2v) is 14.1. The Kier molecular flexibility index (Phi) is 6.87. The summed E-state index contributed by atoms with van der Waals surface area (Å²) in [5, 5.41) is 11.1. The number of aromatic nitrogens is 3. The van der Waals surface area contributed by atoms with Crippen LogP contribution in [0.15, 0.2) is 73.3 Å². The van der Waals surface area contributed by atoms with Gasteiger partial charge in [0.15, 0.2) is 0 Å². The molecule has 0 saturated carbocycles. The van der Waals surface area contributed by atoms with E-state index in [1.165, 1.54) is 0 Å². The molecule has 0 aromatic carbocycles. The van der Waals surface area contributed by atoms with Crippen LogP contribution in [0.1, 0.15) is 22.8 Å². The van der Waals surface area contributed by atoms with Crippen molar-refractivity contribution in [1.82, 2.24) is 15.0 Å². The molecule has 1 unspecified atom stereocenters. The molecule has 1 N–H and O–H groups in total. The van der Waals surface area contributed by atoms with Gasteiger partial charge in [-0.05, 0) is 0 Å². The van der Waals surface area contributed by atoms with Gasteiger partial charge in [-0.2, -0.15) is 0 Å². The van der Waals surface area contributed by atoms with Crippen LogP contribution in [0.3, 0.4) is 0 Å². The molecule has 134 valence electrons. The maximum atomic E-state index is 11.1. The van der Waals surface area contributed by atoms with E-state index < -0.39 is 11.4 Å². The van der Waals surface area contributed by atoms with Gasteiger partial charge in [-0.25, -0.2) is 0 Å². The van der Waals surface area contributed by atoms with Gasteiger partial charge < -0.3 is 0 Å². The topological polar surface area (TPSA) is 58.9 Å². The summed E-state index contributed by atoms with van der Waals surface area (Å²) in [6.07, 6.45) is 10.6. The molecule has 3 aromatic heterocycles. The molecule has 0 spiro atoms. The molecule has 0 bridgehead atoms. The van der Waals surface area contributed by atoms with E-state index in [2.05, 4.69) is 30.0 Å². The Balaban J connectivity index is 1.78. The minimum atomic E-state index is -1.80. The predicted octanol–water partition coefficient (Wildman–Crippen LogP) is 3.45. The second kappa shape index (κ2) is 9.34. The van der Waals surface area contributed by atoms with E-state index in [1.807, 2.05) is 60.9 Å². The summed E-state index contributed by atoms with van der Waals surface area (Å²) in [6.45, 7) is 0. The van der Waals surface area contributed by atoms with Crippen LogP contribution in [0.2, 0.25) is 0 Å². The number of aryl methyl sites for hydroxylation is 2. The maximum absolute atomic E-state index is 11.1. The Hall–Kier alpha value is -1.64. The molecular formula is C20H22N3OPSe. The van der Waals surface area contributed by atoms with Crippen LogP contribution in [-0.4, -0.2) is 47.5 Å². The molecule has 3 aromatic rings. The van der Waals surface area contributed by atoms with Crippen molar-refractivity contribution >= 4 is 20.6 Å². The third-order valence-electron chi connectivity index (χ3n) is 4.37. The number of pyridine rings is 3. The van der Waals surface area contributed by atoms with Crippen molar-refractivity contribution < 1.29 is 5.11 Å². The molecule has 1 atom stereocenters. The van der Waals surface area contributed by atoms with Gasteiger partial charge in [0.25, 0.3) is 0 Å². The number of aliphatic hydroxyl groups is 1. The van der Waals surface area contributed by atoms with Crippen molar-refractivity contribution in [3.05, 3.63) is 90.3 Å². The first-order chi connectivity index (χ1) is 12.7. The molecule has 0 aliphatic heterocycles. The van der Waals surface area contributed by atoms with Gasteiger partial charge in [0, 0.05) is 0 Å². The Morgan fingerprint density at radius 1 is 0.846 bits per heavy atom. The van der Waals surface area contributed by atoms with E-state index >= 15 is 0 Å². The van der Waals surface area contributed by atoms with Crippen LogP contribution in [0, 0.1) is 0 Å². The quantitative estimate of drug-likeness (QED) is 0.440. The number of aliphatic hydroxyl groups excluding tert-OH is 1. The second-order valence-electron chi connectivity index (χ2n) is 6.20. The van der Waals surface area contributed by atoms with Crippen molar-refractivity contribution in [2.75, 3.05) is 12.3 Å². The summed E-state index contributed by atoms with van der Waals surface area (Å²) in [6, 6.07) is 15.8. The van der Waals surface area contributed by atoms with E-state index in [-0.39, 0.29) is 0 Å². The van der Waals surface area contributed by atoms with Crippen LogP contribution >= 0.6 is 5.51 Å². The molecule has 0 aliphatic rings. The van der Waals surface area contributed by atoms with Crippen molar-refractivity contribution in [1.29, 1.82) is 0 Å². The molecule has 4 nitrogen and oxygen atoms in total. The zero-order chi connectivity index (χ0) is 18.2. The summed E-state index contributed by atoms with van der Waals surface area (Å²) < 4.78 is 0. The minimum absolute atomic E-state index is 0.524. The third kappa shape index (κ3) is 5.18. The molecule has 3 heterocycles. The number of rotatable bonds is 8. The van der Waals surface area contributed by atoms with Gasteiger partial charge >= 0.3 is 162 Å². The molecule has 0 saturated heterocycles. The van der Waals surface area contributed by atoms with Gasteiger partial charge in [0.05, 0.1) is 0 Å². The summed E-state index contributed by atoms with van der Waals surface area (Å²) in [4.78, 5) is 13.0. The van der Waals surface area contributed by atoms with E-state index in [9.17, 15) is 5.11 Å². The average Bonchev–Trinajstić information content (AvgIpc) is 2.72. The summed E-state index contributed by atoms with van der Waals surface area (Å²) >= 11 is 3.41. The Morgan fingerprint density at radius 2 is 1.46 bits per heavy atom. The zero-order valence-electron chi connectivity index (χ0n) is 14.5. The molecule has 0 amide bonds.